The summed E-state index contributed by atoms with van der Waals surface area (Å²) in [5, 5.41) is 12.3. The lowest BCUT2D eigenvalue weighted by Crippen LogP contribution is -2.40. The van der Waals surface area contributed by atoms with E-state index in [1.165, 1.54) is 25.0 Å². The molecule has 1 aromatic heterocycles. The zero-order chi connectivity index (χ0) is 26.4. The third-order valence-electron chi connectivity index (χ3n) is 6.46. The number of fused-ring (bicyclic) bond motifs is 1. The van der Waals surface area contributed by atoms with Gasteiger partial charge in [0.15, 0.2) is 0 Å². The van der Waals surface area contributed by atoms with E-state index in [2.05, 4.69) is 20.5 Å². The Hall–Kier alpha value is -2.78. The minimum atomic E-state index is -2.87. The number of alkyl halides is 2. The predicted molar refractivity (Wildman–Crippen MR) is 141 cm³/mol. The van der Waals surface area contributed by atoms with Crippen LogP contribution in [0, 0.1) is 5.92 Å². The molecule has 37 heavy (non-hydrogen) atoms. The largest absolute Gasteiger partial charge is 0.444 e. The zero-order valence-corrected chi connectivity index (χ0v) is 21.9. The van der Waals surface area contributed by atoms with E-state index in [1.807, 2.05) is 6.92 Å². The van der Waals surface area contributed by atoms with Crippen molar-refractivity contribution in [1.82, 2.24) is 15.1 Å². The Bertz CT molecular complexity index is 1190. The van der Waals surface area contributed by atoms with Crippen molar-refractivity contribution in [2.45, 2.75) is 64.3 Å². The first kappa shape index (κ1) is 27.3. The van der Waals surface area contributed by atoms with Crippen molar-refractivity contribution in [3.8, 4) is 5.75 Å². The van der Waals surface area contributed by atoms with Gasteiger partial charge in [-0.05, 0) is 55.7 Å². The highest BCUT2D eigenvalue weighted by atomic mass is 35.5. The number of carbonyl (C=O) groups excluding carboxylic acids is 1. The van der Waals surface area contributed by atoms with Crippen LogP contribution >= 0.6 is 23.2 Å². The van der Waals surface area contributed by atoms with Gasteiger partial charge >= 0.3 is 12.7 Å². The SMILES string of the molecule is C[C@@H](CNc1ccc(OC(F)F)cc1)NC(=O)O[C@@H](CC1CCCC1)Cn1ncc2cc(Cl)c(Cl)cc21. The molecular weight excluding hydrogens is 525 g/mol. The number of anilines is 1. The first-order valence-electron chi connectivity index (χ1n) is 12.3. The molecule has 2 aromatic carbocycles. The number of alkyl carbamates (subject to hydrolysis) is 1. The van der Waals surface area contributed by atoms with Gasteiger partial charge in [-0.25, -0.2) is 4.79 Å². The fourth-order valence-corrected chi connectivity index (χ4v) is 4.98. The van der Waals surface area contributed by atoms with Crippen molar-refractivity contribution in [1.29, 1.82) is 0 Å². The molecule has 0 spiro atoms. The van der Waals surface area contributed by atoms with E-state index >= 15 is 0 Å². The zero-order valence-electron chi connectivity index (χ0n) is 20.4. The fraction of sp³-hybridized carbons (Fsp3) is 0.462. The summed E-state index contributed by atoms with van der Waals surface area (Å²) < 4.78 is 36.6. The monoisotopic (exact) mass is 554 g/mol. The van der Waals surface area contributed by atoms with Gasteiger partial charge in [0.1, 0.15) is 11.9 Å². The summed E-state index contributed by atoms with van der Waals surface area (Å²) in [6.07, 6.45) is 6.27. The summed E-state index contributed by atoms with van der Waals surface area (Å²) in [5.41, 5.74) is 1.55. The molecule has 1 amide bonds. The molecule has 200 valence electrons. The number of amides is 1. The predicted octanol–water partition coefficient (Wildman–Crippen LogP) is 7.12. The minimum Gasteiger partial charge on any atom is -0.444 e. The molecule has 4 rings (SSSR count). The summed E-state index contributed by atoms with van der Waals surface area (Å²) in [6, 6.07) is 9.48. The van der Waals surface area contributed by atoms with Crippen molar-refractivity contribution in [2.24, 2.45) is 5.92 Å². The fourth-order valence-electron chi connectivity index (χ4n) is 4.65. The van der Waals surface area contributed by atoms with Crippen LogP contribution < -0.4 is 15.4 Å². The van der Waals surface area contributed by atoms with Gasteiger partial charge in [-0.15, -0.1) is 0 Å². The lowest BCUT2D eigenvalue weighted by atomic mass is 10.00. The van der Waals surface area contributed by atoms with E-state index in [-0.39, 0.29) is 17.9 Å². The van der Waals surface area contributed by atoms with E-state index in [9.17, 15) is 13.6 Å². The van der Waals surface area contributed by atoms with Gasteiger partial charge < -0.3 is 20.1 Å². The number of benzene rings is 2. The summed E-state index contributed by atoms with van der Waals surface area (Å²) in [6.45, 7) is -0.192. The molecule has 11 heteroatoms. The van der Waals surface area contributed by atoms with E-state index in [4.69, 9.17) is 27.9 Å². The topological polar surface area (TPSA) is 77.4 Å². The molecule has 0 saturated heterocycles. The van der Waals surface area contributed by atoms with E-state index in [0.29, 0.717) is 34.7 Å². The highest BCUT2D eigenvalue weighted by Crippen LogP contribution is 2.31. The van der Waals surface area contributed by atoms with Gasteiger partial charge in [0.2, 0.25) is 0 Å². The number of hydrogen-bond acceptors (Lipinski definition) is 5. The van der Waals surface area contributed by atoms with Gasteiger partial charge in [0.05, 0.1) is 28.3 Å². The maximum atomic E-state index is 12.8. The Morgan fingerprint density at radius 3 is 2.57 bits per heavy atom. The molecule has 1 aliphatic rings. The molecule has 1 fully saturated rings. The summed E-state index contributed by atoms with van der Waals surface area (Å²) in [4.78, 5) is 12.8. The lowest BCUT2D eigenvalue weighted by molar-refractivity contribution is -0.0498. The van der Waals surface area contributed by atoms with Crippen molar-refractivity contribution in [3.63, 3.8) is 0 Å². The van der Waals surface area contributed by atoms with Gasteiger partial charge in [-0.3, -0.25) is 4.68 Å². The Kier molecular flexibility index (Phi) is 9.32. The number of halogens is 4. The van der Waals surface area contributed by atoms with Crippen molar-refractivity contribution in [2.75, 3.05) is 11.9 Å². The lowest BCUT2D eigenvalue weighted by Gasteiger charge is -2.23. The van der Waals surface area contributed by atoms with E-state index < -0.39 is 12.7 Å². The van der Waals surface area contributed by atoms with Gasteiger partial charge in [-0.1, -0.05) is 48.9 Å². The number of nitrogens with one attached hydrogen (secondary N) is 2. The molecule has 2 N–H and O–H groups in total. The molecule has 1 heterocycles. The van der Waals surface area contributed by atoms with Crippen molar-refractivity contribution >= 4 is 45.9 Å². The maximum absolute atomic E-state index is 12.8. The normalized spacial score (nSPS) is 15.6. The maximum Gasteiger partial charge on any atom is 0.407 e. The molecule has 3 aromatic rings. The number of ether oxygens (including phenoxy) is 2. The average molecular weight is 555 g/mol. The molecule has 0 bridgehead atoms. The Morgan fingerprint density at radius 2 is 1.86 bits per heavy atom. The molecule has 7 nitrogen and oxygen atoms in total. The van der Waals surface area contributed by atoms with Crippen LogP contribution in [0.2, 0.25) is 10.0 Å². The standard InChI is InChI=1S/C26H30Cl2F2N4O3/c1-16(13-31-19-6-8-20(9-7-19)36-25(29)30)33-26(35)37-21(10-17-4-2-3-5-17)15-34-24-12-23(28)22(27)11-18(24)14-32-34/h6-9,11-12,14,16-17,21,25,31H,2-5,10,13,15H2,1H3,(H,33,35)/t16-,21-/m0/s1. The van der Waals surface area contributed by atoms with Crippen molar-refractivity contribution < 1.29 is 23.0 Å². The van der Waals surface area contributed by atoms with Crippen LogP contribution in [-0.4, -0.2) is 41.2 Å². The first-order valence-corrected chi connectivity index (χ1v) is 13.1. The molecule has 0 aliphatic heterocycles. The first-order chi connectivity index (χ1) is 17.8. The second-order valence-electron chi connectivity index (χ2n) is 9.39. The number of aromatic nitrogens is 2. The summed E-state index contributed by atoms with van der Waals surface area (Å²) in [7, 11) is 0. The molecular formula is C26H30Cl2F2N4O3. The Morgan fingerprint density at radius 1 is 1.16 bits per heavy atom. The summed E-state index contributed by atoms with van der Waals surface area (Å²) in [5.74, 6) is 0.590. The van der Waals surface area contributed by atoms with Crippen LogP contribution in [0.15, 0.2) is 42.6 Å². The Labute approximate surface area is 224 Å². The van der Waals surface area contributed by atoms with Gasteiger partial charge in [-0.2, -0.15) is 13.9 Å². The van der Waals surface area contributed by atoms with Crippen LogP contribution in [-0.2, 0) is 11.3 Å². The quantitative estimate of drug-likeness (QED) is 0.264. The van der Waals surface area contributed by atoms with Crippen LogP contribution in [0.1, 0.15) is 39.0 Å². The van der Waals surface area contributed by atoms with Crippen LogP contribution in [0.3, 0.4) is 0 Å². The van der Waals surface area contributed by atoms with Gasteiger partial charge in [0.25, 0.3) is 0 Å². The van der Waals surface area contributed by atoms with Gasteiger partial charge in [0, 0.05) is 23.7 Å². The third kappa shape index (κ3) is 7.85. The summed E-state index contributed by atoms with van der Waals surface area (Å²) >= 11 is 12.4. The molecule has 0 unspecified atom stereocenters. The third-order valence-corrected chi connectivity index (χ3v) is 7.18. The van der Waals surface area contributed by atoms with Crippen LogP contribution in [0.4, 0.5) is 19.3 Å². The average Bonchev–Trinajstić information content (AvgIpc) is 3.49. The highest BCUT2D eigenvalue weighted by Gasteiger charge is 2.25. The smallest absolute Gasteiger partial charge is 0.407 e. The molecule has 0 radical (unpaired) electrons. The molecule has 1 saturated carbocycles. The van der Waals surface area contributed by atoms with E-state index in [1.54, 1.807) is 35.1 Å². The number of hydrogen-bond donors (Lipinski definition) is 2. The number of rotatable bonds is 11. The van der Waals surface area contributed by atoms with Crippen LogP contribution in [0.25, 0.3) is 10.9 Å². The van der Waals surface area contributed by atoms with Crippen LogP contribution in [0.5, 0.6) is 5.75 Å². The number of carbonyl (C=O) groups is 1. The second-order valence-corrected chi connectivity index (χ2v) is 10.2. The highest BCUT2D eigenvalue weighted by molar-refractivity contribution is 6.42. The molecule has 1 aliphatic carbocycles. The van der Waals surface area contributed by atoms with Crippen molar-refractivity contribution in [3.05, 3.63) is 52.6 Å². The second kappa shape index (κ2) is 12.6. The Balaban J connectivity index is 1.33. The molecule has 2 atom stereocenters. The number of nitrogens with zero attached hydrogens (tertiary/aromatic N) is 2. The minimum absolute atomic E-state index is 0.0823. The van der Waals surface area contributed by atoms with E-state index in [0.717, 1.165) is 30.2 Å².